The normalized spacial score (nSPS) is 12.9. The van der Waals surface area contributed by atoms with E-state index in [1.807, 2.05) is 24.3 Å². The van der Waals surface area contributed by atoms with Crippen molar-refractivity contribution in [2.24, 2.45) is 0 Å². The van der Waals surface area contributed by atoms with Gasteiger partial charge in [-0.2, -0.15) is 0 Å². The molecule has 0 atom stereocenters. The van der Waals surface area contributed by atoms with Crippen LogP contribution in [0, 0.1) is 0 Å². The summed E-state index contributed by atoms with van der Waals surface area (Å²) in [6.45, 7) is 0. The fourth-order valence-electron chi connectivity index (χ4n) is 10.3. The van der Waals surface area contributed by atoms with E-state index >= 15 is 0 Å². The van der Waals surface area contributed by atoms with Gasteiger partial charge in [-0.3, -0.25) is 0 Å². The lowest BCUT2D eigenvalue weighted by Gasteiger charge is -2.39. The third-order valence-electron chi connectivity index (χ3n) is 13.2. The van der Waals surface area contributed by atoms with Crippen LogP contribution in [0.3, 0.4) is 0 Å². The van der Waals surface area contributed by atoms with Crippen molar-refractivity contribution in [3.8, 4) is 78.9 Å². The lowest BCUT2D eigenvalue weighted by molar-refractivity contribution is 0.437. The summed E-state index contributed by atoms with van der Waals surface area (Å²) in [5, 5.41) is 3.21. The predicted molar refractivity (Wildman–Crippen MR) is 259 cm³/mol. The van der Waals surface area contributed by atoms with Gasteiger partial charge in [0.1, 0.15) is 11.5 Å². The van der Waals surface area contributed by atoms with Gasteiger partial charge in [-0.1, -0.05) is 194 Å². The molecule has 13 rings (SSSR count). The molecule has 64 heavy (non-hydrogen) atoms. The Kier molecular flexibility index (Phi) is 8.09. The lowest BCUT2D eigenvalue weighted by atomic mass is 9.65. The molecule has 0 saturated carbocycles. The molecule has 11 aromatic rings. The van der Waals surface area contributed by atoms with E-state index < -0.39 is 5.41 Å². The Balaban J connectivity index is 1.04. The van der Waals surface area contributed by atoms with Gasteiger partial charge < -0.3 is 4.74 Å². The van der Waals surface area contributed by atoms with E-state index in [1.165, 1.54) is 27.8 Å². The molecule has 1 aliphatic carbocycles. The first-order chi connectivity index (χ1) is 31.7. The molecule has 0 amide bonds. The van der Waals surface area contributed by atoms with E-state index in [0.29, 0.717) is 5.82 Å². The van der Waals surface area contributed by atoms with Gasteiger partial charge >= 0.3 is 0 Å². The van der Waals surface area contributed by atoms with Crippen LogP contribution in [0.15, 0.2) is 224 Å². The minimum Gasteiger partial charge on any atom is -0.457 e. The molecule has 0 N–H and O–H groups in total. The van der Waals surface area contributed by atoms with Crippen LogP contribution in [0.4, 0.5) is 0 Å². The van der Waals surface area contributed by atoms with Gasteiger partial charge in [0.05, 0.1) is 28.0 Å². The van der Waals surface area contributed by atoms with Crippen molar-refractivity contribution >= 4 is 21.7 Å². The zero-order valence-corrected chi connectivity index (χ0v) is 34.6. The largest absolute Gasteiger partial charge is 0.457 e. The van der Waals surface area contributed by atoms with Crippen LogP contribution in [0.1, 0.15) is 22.3 Å². The van der Waals surface area contributed by atoms with Crippen molar-refractivity contribution in [3.63, 3.8) is 0 Å². The minimum absolute atomic E-state index is 0.585. The van der Waals surface area contributed by atoms with Crippen LogP contribution in [0.5, 0.6) is 11.5 Å². The number of nitrogens with zero attached hydrogens (tertiary/aromatic N) is 3. The second-order valence-corrected chi connectivity index (χ2v) is 16.7. The maximum atomic E-state index is 6.96. The van der Waals surface area contributed by atoms with E-state index in [-0.39, 0.29) is 0 Å². The van der Waals surface area contributed by atoms with Crippen LogP contribution < -0.4 is 4.74 Å². The number of para-hydroxylation sites is 1. The summed E-state index contributed by atoms with van der Waals surface area (Å²) in [5.74, 6) is 2.38. The molecule has 2 aliphatic rings. The summed E-state index contributed by atoms with van der Waals surface area (Å²) in [5.41, 5.74) is 16.5. The van der Waals surface area contributed by atoms with Crippen molar-refractivity contribution in [2.45, 2.75) is 5.41 Å². The third-order valence-corrected chi connectivity index (χ3v) is 13.2. The molecular formula is C60H37N3O. The summed E-state index contributed by atoms with van der Waals surface area (Å²) in [6, 6.07) is 79.5. The highest BCUT2D eigenvalue weighted by Crippen LogP contribution is 2.62. The average molecular weight is 816 g/mol. The summed E-state index contributed by atoms with van der Waals surface area (Å²) < 4.78 is 6.96. The lowest BCUT2D eigenvalue weighted by Crippen LogP contribution is -2.32. The summed E-state index contributed by atoms with van der Waals surface area (Å²) in [6.07, 6.45) is 0. The Labute approximate surface area is 370 Å². The van der Waals surface area contributed by atoms with Gasteiger partial charge in [0.25, 0.3) is 0 Å². The van der Waals surface area contributed by atoms with Crippen LogP contribution in [-0.4, -0.2) is 15.0 Å². The molecule has 0 saturated heterocycles. The smallest absolute Gasteiger partial charge is 0.160 e. The topological polar surface area (TPSA) is 47.9 Å². The van der Waals surface area contributed by atoms with Crippen LogP contribution >= 0.6 is 0 Å². The highest BCUT2D eigenvalue weighted by atomic mass is 16.5. The first kappa shape index (κ1) is 36.2. The van der Waals surface area contributed by atoms with Gasteiger partial charge in [-0.25, -0.2) is 15.0 Å². The maximum absolute atomic E-state index is 6.96. The summed E-state index contributed by atoms with van der Waals surface area (Å²) in [7, 11) is 0. The number of ether oxygens (including phenoxy) is 1. The number of fused-ring (bicyclic) bond motifs is 12. The van der Waals surface area contributed by atoms with Crippen molar-refractivity contribution in [1.82, 2.24) is 15.0 Å². The number of pyridine rings is 1. The van der Waals surface area contributed by atoms with Crippen LogP contribution in [0.2, 0.25) is 0 Å². The van der Waals surface area contributed by atoms with Gasteiger partial charge in [-0.05, 0) is 69.1 Å². The zero-order chi connectivity index (χ0) is 42.2. The van der Waals surface area contributed by atoms with Gasteiger partial charge in [0.15, 0.2) is 5.82 Å². The first-order valence-electron chi connectivity index (χ1n) is 21.8. The number of hydrogen-bond donors (Lipinski definition) is 0. The van der Waals surface area contributed by atoms with Crippen LogP contribution in [0.25, 0.3) is 89.1 Å². The standard InChI is InChI=1S/C60H37N3O/c1-4-16-38(17-5-1)39-28-30-40(31-29-39)53-37-54(63-59(62-53)42-20-8-3-9-21-42)43-32-33-46-47-35-52-57(36-48(47)58(61-55(46)34-43)41-18-6-2-7-19-41)64-56-27-15-14-26-51(56)60(52)49-24-12-10-22-44(49)45-23-11-13-25-50(45)60/h1-37H. The van der Waals surface area contributed by atoms with E-state index in [0.717, 1.165) is 89.2 Å². The molecular weight excluding hydrogens is 779 g/mol. The molecule has 298 valence electrons. The average Bonchev–Trinajstić information content (AvgIpc) is 3.66. The molecule has 1 spiro atoms. The quantitative estimate of drug-likeness (QED) is 0.162. The molecule has 0 radical (unpaired) electrons. The second kappa shape index (κ2) is 14.3. The highest BCUT2D eigenvalue weighted by molar-refractivity contribution is 6.13. The number of aromatic nitrogens is 3. The predicted octanol–water partition coefficient (Wildman–Crippen LogP) is 15.0. The molecule has 9 aromatic carbocycles. The monoisotopic (exact) mass is 815 g/mol. The first-order valence-corrected chi connectivity index (χ1v) is 21.8. The SMILES string of the molecule is c1ccc(-c2ccc(-c3cc(-c4ccc5c(c4)nc(-c4ccccc4)c4cc6c(cc45)C4(c5ccccc5O6)c5ccccc5-c5ccccc54)nc(-c4ccccc4)n3)cc2)cc1. The number of benzene rings is 9. The summed E-state index contributed by atoms with van der Waals surface area (Å²) >= 11 is 0. The molecule has 0 unspecified atom stereocenters. The van der Waals surface area contributed by atoms with E-state index in [4.69, 9.17) is 19.7 Å². The zero-order valence-electron chi connectivity index (χ0n) is 34.6. The van der Waals surface area contributed by atoms with Gasteiger partial charge in [0.2, 0.25) is 0 Å². The molecule has 4 nitrogen and oxygen atoms in total. The Morgan fingerprint density at radius 3 is 1.53 bits per heavy atom. The van der Waals surface area contributed by atoms with E-state index in [1.54, 1.807) is 0 Å². The molecule has 2 aromatic heterocycles. The minimum atomic E-state index is -0.585. The number of rotatable bonds is 5. The Morgan fingerprint density at radius 2 is 0.844 bits per heavy atom. The van der Waals surface area contributed by atoms with Gasteiger partial charge in [-0.15, -0.1) is 0 Å². The fourth-order valence-corrected chi connectivity index (χ4v) is 10.3. The van der Waals surface area contributed by atoms with Crippen molar-refractivity contribution in [3.05, 3.63) is 247 Å². The van der Waals surface area contributed by atoms with E-state index in [9.17, 15) is 0 Å². The van der Waals surface area contributed by atoms with Crippen molar-refractivity contribution in [1.29, 1.82) is 0 Å². The number of hydrogen-bond acceptors (Lipinski definition) is 4. The molecule has 3 heterocycles. The molecule has 1 aliphatic heterocycles. The van der Waals surface area contributed by atoms with Crippen LogP contribution in [-0.2, 0) is 5.41 Å². The molecule has 0 bridgehead atoms. The molecule has 4 heteroatoms. The van der Waals surface area contributed by atoms with Gasteiger partial charge in [0, 0.05) is 44.2 Å². The van der Waals surface area contributed by atoms with Crippen molar-refractivity contribution < 1.29 is 4.74 Å². The third kappa shape index (κ3) is 5.52. The van der Waals surface area contributed by atoms with Crippen molar-refractivity contribution in [2.75, 3.05) is 0 Å². The fraction of sp³-hybridized carbons (Fsp3) is 0.0167. The maximum Gasteiger partial charge on any atom is 0.160 e. The Morgan fingerprint density at radius 1 is 0.312 bits per heavy atom. The summed E-state index contributed by atoms with van der Waals surface area (Å²) in [4.78, 5) is 15.9. The Bertz CT molecular complexity index is 3580. The second-order valence-electron chi connectivity index (χ2n) is 16.7. The van der Waals surface area contributed by atoms with E-state index in [2.05, 4.69) is 200 Å². The molecule has 0 fully saturated rings. The Hall–Kier alpha value is -8.47. The highest BCUT2D eigenvalue weighted by Gasteiger charge is 2.51.